The molecule has 1 N–H and O–H groups in total. The van der Waals surface area contributed by atoms with Crippen LogP contribution in [0.2, 0.25) is 0 Å². The molecule has 0 rings (SSSR count). The highest BCUT2D eigenvalue weighted by Gasteiger charge is 2.27. The minimum Gasteiger partial charge on any atom is -0.478 e. The van der Waals surface area contributed by atoms with Crippen LogP contribution >= 0.6 is 0 Å². The molecule has 0 unspecified atom stereocenters. The molecule has 0 fully saturated rings. The zero-order valence-corrected chi connectivity index (χ0v) is 6.48. The molecule has 0 aromatic carbocycles. The molecule has 0 radical (unpaired) electrons. The molecular weight excluding hydrogens is 173 g/mol. The quantitative estimate of drug-likeness (QED) is 0.680. The normalized spacial score (nSPS) is 13.2. The van der Waals surface area contributed by atoms with E-state index in [0.29, 0.717) is 0 Å². The first kappa shape index (κ1) is 11.0. The monoisotopic (exact) mass is 182 g/mol. The molecule has 70 valence electrons. The van der Waals surface area contributed by atoms with Gasteiger partial charge in [0.2, 0.25) is 0 Å². The number of carbonyl (C=O) groups is 1. The molecule has 0 aliphatic heterocycles. The van der Waals surface area contributed by atoms with Crippen LogP contribution < -0.4 is 0 Å². The lowest BCUT2D eigenvalue weighted by atomic mass is 10.1. The van der Waals surface area contributed by atoms with Crippen molar-refractivity contribution >= 4 is 5.97 Å². The Morgan fingerprint density at radius 2 is 2.00 bits per heavy atom. The summed E-state index contributed by atoms with van der Waals surface area (Å²) in [4.78, 5) is 10.2. The van der Waals surface area contributed by atoms with Gasteiger partial charge in [-0.05, 0) is 13.3 Å². The van der Waals surface area contributed by atoms with Gasteiger partial charge >= 0.3 is 12.1 Å². The summed E-state index contributed by atoms with van der Waals surface area (Å²) in [6.45, 7) is 1.40. The van der Waals surface area contributed by atoms with Gasteiger partial charge in [0, 0.05) is 12.0 Å². The number of rotatable bonds is 3. The first-order chi connectivity index (χ1) is 5.37. The van der Waals surface area contributed by atoms with Crippen LogP contribution in [-0.4, -0.2) is 17.3 Å². The van der Waals surface area contributed by atoms with Crippen molar-refractivity contribution in [2.45, 2.75) is 25.9 Å². The van der Waals surface area contributed by atoms with Gasteiger partial charge in [0.1, 0.15) is 0 Å². The summed E-state index contributed by atoms with van der Waals surface area (Å²) in [5.74, 6) is -1.29. The van der Waals surface area contributed by atoms with Gasteiger partial charge in [-0.15, -0.1) is 0 Å². The van der Waals surface area contributed by atoms with E-state index in [-0.39, 0.29) is 5.57 Å². The van der Waals surface area contributed by atoms with Crippen LogP contribution in [0.4, 0.5) is 13.2 Å². The van der Waals surface area contributed by atoms with E-state index in [9.17, 15) is 18.0 Å². The zero-order valence-electron chi connectivity index (χ0n) is 6.48. The summed E-state index contributed by atoms with van der Waals surface area (Å²) in [5, 5.41) is 8.33. The van der Waals surface area contributed by atoms with Crippen molar-refractivity contribution in [2.24, 2.45) is 0 Å². The fraction of sp³-hybridized carbons (Fsp3) is 0.571. The minimum absolute atomic E-state index is 0.202. The van der Waals surface area contributed by atoms with Crippen LogP contribution in [-0.2, 0) is 4.79 Å². The highest BCUT2D eigenvalue weighted by molar-refractivity contribution is 5.86. The Kier molecular flexibility index (Phi) is 3.79. The first-order valence-corrected chi connectivity index (χ1v) is 3.32. The van der Waals surface area contributed by atoms with Gasteiger partial charge in [0.15, 0.2) is 0 Å². The molecule has 0 spiro atoms. The molecule has 0 saturated heterocycles. The Balaban J connectivity index is 4.00. The maximum atomic E-state index is 11.6. The third kappa shape index (κ3) is 4.76. The predicted octanol–water partition coefficient (Wildman–Crippen LogP) is 2.36. The molecule has 0 aromatic heterocycles. The Morgan fingerprint density at radius 1 is 1.50 bits per heavy atom. The molecule has 2 nitrogen and oxygen atoms in total. The highest BCUT2D eigenvalue weighted by Crippen LogP contribution is 2.23. The molecule has 0 amide bonds. The van der Waals surface area contributed by atoms with Gasteiger partial charge in [-0.2, -0.15) is 13.2 Å². The van der Waals surface area contributed by atoms with Crippen LogP contribution in [0.3, 0.4) is 0 Å². The topological polar surface area (TPSA) is 37.3 Å². The van der Waals surface area contributed by atoms with Crippen molar-refractivity contribution in [2.75, 3.05) is 0 Å². The first-order valence-electron chi connectivity index (χ1n) is 3.32. The largest absolute Gasteiger partial charge is 0.478 e. The average Bonchev–Trinajstić information content (AvgIpc) is 1.85. The highest BCUT2D eigenvalue weighted by atomic mass is 19.4. The molecule has 0 aliphatic rings. The smallest absolute Gasteiger partial charge is 0.389 e. The second-order valence-electron chi connectivity index (χ2n) is 2.23. The third-order valence-corrected chi connectivity index (χ3v) is 1.30. The summed E-state index contributed by atoms with van der Waals surface area (Å²) in [6.07, 6.45) is -4.66. The van der Waals surface area contributed by atoms with Crippen molar-refractivity contribution in [3.05, 3.63) is 11.6 Å². The Hall–Kier alpha value is -1.00. The van der Waals surface area contributed by atoms with Gasteiger partial charge in [0.05, 0.1) is 0 Å². The summed E-state index contributed by atoms with van der Waals surface area (Å²) >= 11 is 0. The van der Waals surface area contributed by atoms with Crippen molar-refractivity contribution in [1.29, 1.82) is 0 Å². The lowest BCUT2D eigenvalue weighted by molar-refractivity contribution is -0.137. The second-order valence-corrected chi connectivity index (χ2v) is 2.23. The Morgan fingerprint density at radius 3 is 2.25 bits per heavy atom. The molecule has 0 saturated carbocycles. The van der Waals surface area contributed by atoms with Crippen molar-refractivity contribution in [3.63, 3.8) is 0 Å². The summed E-state index contributed by atoms with van der Waals surface area (Å²) in [7, 11) is 0. The second kappa shape index (κ2) is 4.13. The third-order valence-electron chi connectivity index (χ3n) is 1.30. The lowest BCUT2D eigenvalue weighted by Gasteiger charge is -2.05. The SMILES string of the molecule is C/C=C(\CCC(F)(F)F)C(=O)O. The average molecular weight is 182 g/mol. The summed E-state index contributed by atoms with van der Waals surface area (Å²) in [6, 6.07) is 0. The molecule has 0 bridgehead atoms. The van der Waals surface area contributed by atoms with Gasteiger partial charge < -0.3 is 5.11 Å². The van der Waals surface area contributed by atoms with Gasteiger partial charge in [-0.25, -0.2) is 4.79 Å². The molecule has 12 heavy (non-hydrogen) atoms. The summed E-state index contributed by atoms with van der Waals surface area (Å²) < 4.78 is 34.8. The molecule has 5 heteroatoms. The van der Waals surface area contributed by atoms with E-state index in [4.69, 9.17) is 5.11 Å². The van der Waals surface area contributed by atoms with E-state index in [0.717, 1.165) is 0 Å². The number of alkyl halides is 3. The number of hydrogen-bond acceptors (Lipinski definition) is 1. The van der Waals surface area contributed by atoms with Crippen LogP contribution in [0.15, 0.2) is 11.6 Å². The number of allylic oxidation sites excluding steroid dienone is 1. The number of hydrogen-bond donors (Lipinski definition) is 1. The van der Waals surface area contributed by atoms with E-state index in [1.807, 2.05) is 0 Å². The van der Waals surface area contributed by atoms with Crippen molar-refractivity contribution in [3.8, 4) is 0 Å². The molecule has 0 atom stereocenters. The lowest BCUT2D eigenvalue weighted by Crippen LogP contribution is -2.10. The van der Waals surface area contributed by atoms with Crippen LogP contribution in [0.1, 0.15) is 19.8 Å². The molecule has 0 heterocycles. The van der Waals surface area contributed by atoms with E-state index in [2.05, 4.69) is 0 Å². The van der Waals surface area contributed by atoms with Gasteiger partial charge in [-0.1, -0.05) is 6.08 Å². The Labute approximate surface area is 67.7 Å². The maximum Gasteiger partial charge on any atom is 0.389 e. The predicted molar refractivity (Wildman–Crippen MR) is 36.7 cm³/mol. The van der Waals surface area contributed by atoms with Crippen molar-refractivity contribution in [1.82, 2.24) is 0 Å². The molecular formula is C7H9F3O2. The Bertz CT molecular complexity index is 193. The van der Waals surface area contributed by atoms with E-state index in [1.165, 1.54) is 13.0 Å². The number of halogens is 3. The fourth-order valence-electron chi connectivity index (χ4n) is 0.651. The summed E-state index contributed by atoms with van der Waals surface area (Å²) in [5.41, 5.74) is -0.202. The van der Waals surface area contributed by atoms with E-state index < -0.39 is 25.0 Å². The number of carboxylic acids is 1. The molecule has 0 aliphatic carbocycles. The van der Waals surface area contributed by atoms with Crippen LogP contribution in [0.5, 0.6) is 0 Å². The van der Waals surface area contributed by atoms with Crippen LogP contribution in [0, 0.1) is 0 Å². The van der Waals surface area contributed by atoms with Gasteiger partial charge in [-0.3, -0.25) is 0 Å². The van der Waals surface area contributed by atoms with Crippen LogP contribution in [0.25, 0.3) is 0 Å². The van der Waals surface area contributed by atoms with Crippen molar-refractivity contribution < 1.29 is 23.1 Å². The van der Waals surface area contributed by atoms with E-state index >= 15 is 0 Å². The zero-order chi connectivity index (χ0) is 9.78. The fourth-order valence-corrected chi connectivity index (χ4v) is 0.651. The standard InChI is InChI=1S/C7H9F3O2/c1-2-5(6(11)12)3-4-7(8,9)10/h2H,3-4H2,1H3,(H,11,12)/b5-2+. The maximum absolute atomic E-state index is 11.6. The molecule has 0 aromatic rings. The number of aliphatic carboxylic acids is 1. The van der Waals surface area contributed by atoms with Gasteiger partial charge in [0.25, 0.3) is 0 Å². The minimum atomic E-state index is -4.29. The number of carboxylic acid groups (broad SMARTS) is 1. The van der Waals surface area contributed by atoms with E-state index in [1.54, 1.807) is 0 Å².